The monoisotopic (exact) mass is 285 g/mol. The Balaban J connectivity index is 1.78. The molecule has 0 aliphatic heterocycles. The van der Waals surface area contributed by atoms with Crippen LogP contribution in [0, 0.1) is 6.92 Å². The fourth-order valence-corrected chi connectivity index (χ4v) is 3.04. The van der Waals surface area contributed by atoms with Crippen molar-refractivity contribution in [2.45, 2.75) is 51.5 Å². The van der Waals surface area contributed by atoms with Crippen LogP contribution in [0.4, 0.5) is 5.95 Å². The van der Waals surface area contributed by atoms with Crippen molar-refractivity contribution in [3.8, 4) is 11.3 Å². The SMILES string of the molecule is Cc1nn(C)cc1-c1ccnc(NC2CCCCCC2)n1. The molecule has 0 bridgehead atoms. The standard InChI is InChI=1S/C16H23N5/c1-12-14(11-21(2)20-12)15-9-10-17-16(19-15)18-13-7-5-3-4-6-8-13/h9-11,13H,3-8H2,1-2H3,(H,17,18,19). The molecule has 2 heterocycles. The summed E-state index contributed by atoms with van der Waals surface area (Å²) >= 11 is 0. The van der Waals surface area contributed by atoms with Crippen molar-refractivity contribution in [3.05, 3.63) is 24.2 Å². The highest BCUT2D eigenvalue weighted by Gasteiger charge is 2.14. The van der Waals surface area contributed by atoms with E-state index in [0.29, 0.717) is 6.04 Å². The molecular formula is C16H23N5. The van der Waals surface area contributed by atoms with Gasteiger partial charge in [-0.25, -0.2) is 9.97 Å². The zero-order valence-corrected chi connectivity index (χ0v) is 12.8. The number of aromatic nitrogens is 4. The maximum absolute atomic E-state index is 4.67. The van der Waals surface area contributed by atoms with Crippen LogP contribution in [0.25, 0.3) is 11.3 Å². The summed E-state index contributed by atoms with van der Waals surface area (Å²) in [7, 11) is 1.93. The van der Waals surface area contributed by atoms with E-state index < -0.39 is 0 Å². The van der Waals surface area contributed by atoms with E-state index in [2.05, 4.69) is 20.4 Å². The van der Waals surface area contributed by atoms with Crippen LogP contribution in [-0.4, -0.2) is 25.8 Å². The van der Waals surface area contributed by atoms with Crippen LogP contribution in [-0.2, 0) is 7.05 Å². The fraction of sp³-hybridized carbons (Fsp3) is 0.562. The van der Waals surface area contributed by atoms with Gasteiger partial charge in [0, 0.05) is 31.0 Å². The van der Waals surface area contributed by atoms with Crippen molar-refractivity contribution >= 4 is 5.95 Å². The summed E-state index contributed by atoms with van der Waals surface area (Å²) in [5.41, 5.74) is 3.01. The van der Waals surface area contributed by atoms with Gasteiger partial charge < -0.3 is 5.32 Å². The first-order chi connectivity index (χ1) is 10.2. The molecule has 0 radical (unpaired) electrons. The quantitative estimate of drug-likeness (QED) is 0.879. The van der Waals surface area contributed by atoms with Crippen LogP contribution in [0.15, 0.2) is 18.5 Å². The van der Waals surface area contributed by atoms with Gasteiger partial charge in [0.05, 0.1) is 11.4 Å². The van der Waals surface area contributed by atoms with E-state index in [1.807, 2.05) is 37.1 Å². The van der Waals surface area contributed by atoms with Crippen LogP contribution in [0.1, 0.15) is 44.2 Å². The highest BCUT2D eigenvalue weighted by atomic mass is 15.3. The predicted molar refractivity (Wildman–Crippen MR) is 84.1 cm³/mol. The lowest BCUT2D eigenvalue weighted by Crippen LogP contribution is -2.19. The first kappa shape index (κ1) is 14.0. The molecule has 2 aromatic heterocycles. The Bertz CT molecular complexity index is 596. The zero-order valence-electron chi connectivity index (χ0n) is 12.8. The molecule has 0 aromatic carbocycles. The highest BCUT2D eigenvalue weighted by molar-refractivity contribution is 5.61. The average Bonchev–Trinajstić information content (AvgIpc) is 2.66. The van der Waals surface area contributed by atoms with Gasteiger partial charge in [0.2, 0.25) is 5.95 Å². The smallest absolute Gasteiger partial charge is 0.223 e. The highest BCUT2D eigenvalue weighted by Crippen LogP contribution is 2.23. The number of aryl methyl sites for hydroxylation is 2. The summed E-state index contributed by atoms with van der Waals surface area (Å²) in [4.78, 5) is 9.04. The maximum atomic E-state index is 4.67. The minimum atomic E-state index is 0.512. The van der Waals surface area contributed by atoms with E-state index in [4.69, 9.17) is 0 Å². The lowest BCUT2D eigenvalue weighted by Gasteiger charge is -2.16. The van der Waals surface area contributed by atoms with Crippen LogP contribution in [0.2, 0.25) is 0 Å². The second kappa shape index (κ2) is 6.24. The summed E-state index contributed by atoms with van der Waals surface area (Å²) in [6.07, 6.45) is 11.6. The van der Waals surface area contributed by atoms with Crippen molar-refractivity contribution in [3.63, 3.8) is 0 Å². The number of anilines is 1. The summed E-state index contributed by atoms with van der Waals surface area (Å²) in [5.74, 6) is 0.739. The molecule has 0 saturated heterocycles. The first-order valence-electron chi connectivity index (χ1n) is 7.82. The van der Waals surface area contributed by atoms with Gasteiger partial charge in [-0.3, -0.25) is 4.68 Å². The van der Waals surface area contributed by atoms with Crippen LogP contribution in [0.5, 0.6) is 0 Å². The molecule has 2 aromatic rings. The molecule has 1 saturated carbocycles. The molecule has 0 unspecified atom stereocenters. The van der Waals surface area contributed by atoms with Crippen molar-refractivity contribution < 1.29 is 0 Å². The van der Waals surface area contributed by atoms with Crippen molar-refractivity contribution in [1.29, 1.82) is 0 Å². The lowest BCUT2D eigenvalue weighted by molar-refractivity contribution is 0.615. The molecule has 1 aliphatic rings. The van der Waals surface area contributed by atoms with Gasteiger partial charge in [0.1, 0.15) is 0 Å². The van der Waals surface area contributed by atoms with Gasteiger partial charge in [0.15, 0.2) is 0 Å². The third-order valence-electron chi connectivity index (χ3n) is 4.13. The summed E-state index contributed by atoms with van der Waals surface area (Å²) < 4.78 is 1.82. The molecule has 0 spiro atoms. The maximum Gasteiger partial charge on any atom is 0.223 e. The summed E-state index contributed by atoms with van der Waals surface area (Å²) in [6.45, 7) is 2.01. The first-order valence-corrected chi connectivity index (χ1v) is 7.82. The Labute approximate surface area is 125 Å². The Morgan fingerprint density at radius 2 is 1.95 bits per heavy atom. The zero-order chi connectivity index (χ0) is 14.7. The molecule has 0 atom stereocenters. The second-order valence-electron chi connectivity index (χ2n) is 5.90. The molecule has 112 valence electrons. The Kier molecular flexibility index (Phi) is 4.18. The Morgan fingerprint density at radius 1 is 1.19 bits per heavy atom. The number of nitrogens with zero attached hydrogens (tertiary/aromatic N) is 4. The minimum absolute atomic E-state index is 0.512. The van der Waals surface area contributed by atoms with Crippen LogP contribution in [0.3, 0.4) is 0 Å². The van der Waals surface area contributed by atoms with Gasteiger partial charge in [-0.2, -0.15) is 5.10 Å². The molecule has 1 aliphatic carbocycles. The van der Waals surface area contributed by atoms with Gasteiger partial charge >= 0.3 is 0 Å². The van der Waals surface area contributed by atoms with Gasteiger partial charge in [-0.15, -0.1) is 0 Å². The van der Waals surface area contributed by atoms with E-state index in [1.54, 1.807) is 0 Å². The average molecular weight is 285 g/mol. The Hall–Kier alpha value is -1.91. The van der Waals surface area contributed by atoms with E-state index in [0.717, 1.165) is 22.9 Å². The molecule has 3 rings (SSSR count). The van der Waals surface area contributed by atoms with Gasteiger partial charge in [0.25, 0.3) is 0 Å². The molecule has 5 heteroatoms. The van der Waals surface area contributed by atoms with Crippen molar-refractivity contribution in [1.82, 2.24) is 19.7 Å². The third kappa shape index (κ3) is 3.40. The summed E-state index contributed by atoms with van der Waals surface area (Å²) in [5, 5.41) is 7.89. The van der Waals surface area contributed by atoms with Crippen LogP contribution < -0.4 is 5.32 Å². The molecule has 21 heavy (non-hydrogen) atoms. The van der Waals surface area contributed by atoms with E-state index >= 15 is 0 Å². The lowest BCUT2D eigenvalue weighted by atomic mass is 10.1. The fourth-order valence-electron chi connectivity index (χ4n) is 3.04. The van der Waals surface area contributed by atoms with Crippen LogP contribution >= 0.6 is 0 Å². The topological polar surface area (TPSA) is 55.6 Å². The van der Waals surface area contributed by atoms with Crippen molar-refractivity contribution in [2.24, 2.45) is 7.05 Å². The van der Waals surface area contributed by atoms with E-state index in [1.165, 1.54) is 38.5 Å². The molecule has 0 amide bonds. The Morgan fingerprint density at radius 3 is 2.62 bits per heavy atom. The molecular weight excluding hydrogens is 262 g/mol. The number of rotatable bonds is 3. The number of nitrogens with one attached hydrogen (secondary N) is 1. The predicted octanol–water partition coefficient (Wildman–Crippen LogP) is 3.32. The normalized spacial score (nSPS) is 16.7. The van der Waals surface area contributed by atoms with E-state index in [9.17, 15) is 0 Å². The van der Waals surface area contributed by atoms with Gasteiger partial charge in [-0.05, 0) is 25.8 Å². The molecule has 5 nitrogen and oxygen atoms in total. The van der Waals surface area contributed by atoms with Gasteiger partial charge in [-0.1, -0.05) is 25.7 Å². The molecule has 1 fully saturated rings. The third-order valence-corrected chi connectivity index (χ3v) is 4.13. The molecule has 1 N–H and O–H groups in total. The van der Waals surface area contributed by atoms with E-state index in [-0.39, 0.29) is 0 Å². The summed E-state index contributed by atoms with van der Waals surface area (Å²) in [6, 6.07) is 2.46. The second-order valence-corrected chi connectivity index (χ2v) is 5.90. The van der Waals surface area contributed by atoms with Crippen molar-refractivity contribution in [2.75, 3.05) is 5.32 Å². The number of hydrogen-bond donors (Lipinski definition) is 1. The largest absolute Gasteiger partial charge is 0.351 e. The number of hydrogen-bond acceptors (Lipinski definition) is 4. The minimum Gasteiger partial charge on any atom is -0.351 e.